The van der Waals surface area contributed by atoms with E-state index in [9.17, 15) is 13.2 Å². The van der Waals surface area contributed by atoms with E-state index >= 15 is 0 Å². The molecule has 2 amide bonds. The zero-order valence-corrected chi connectivity index (χ0v) is 21.7. The molecule has 38 heavy (non-hydrogen) atoms. The number of rotatable bonds is 8. The topological polar surface area (TPSA) is 102 Å². The molecule has 3 aromatic carbocycles. The number of carbonyl (C=O) groups is 1. The minimum absolute atomic E-state index is 0.0654. The van der Waals surface area contributed by atoms with Crippen LogP contribution in [0.5, 0.6) is 0 Å². The number of urea groups is 1. The van der Waals surface area contributed by atoms with Crippen molar-refractivity contribution in [2.75, 3.05) is 35.4 Å². The van der Waals surface area contributed by atoms with E-state index in [-0.39, 0.29) is 17.5 Å². The van der Waals surface area contributed by atoms with Gasteiger partial charge in [-0.1, -0.05) is 48.5 Å². The van der Waals surface area contributed by atoms with Gasteiger partial charge in [0.15, 0.2) is 0 Å². The molecule has 196 valence electrons. The number of nitrogens with zero attached hydrogens (tertiary/aromatic N) is 4. The normalized spacial score (nSPS) is 13.8. The molecule has 0 bridgehead atoms. The number of hydrogen-bond donors (Lipinski definition) is 2. The van der Waals surface area contributed by atoms with Crippen LogP contribution in [0, 0.1) is 0 Å². The molecule has 1 aliphatic heterocycles. The number of imidazole rings is 1. The van der Waals surface area contributed by atoms with Crippen molar-refractivity contribution < 1.29 is 13.2 Å². The average molecular weight is 531 g/mol. The van der Waals surface area contributed by atoms with Crippen LogP contribution in [0.2, 0.25) is 0 Å². The maximum Gasteiger partial charge on any atom is 0.317 e. The predicted molar refractivity (Wildman–Crippen MR) is 147 cm³/mol. The number of hydrogen-bond acceptors (Lipinski definition) is 5. The molecular formula is C28H30N6O3S. The molecule has 0 saturated carbocycles. The van der Waals surface area contributed by atoms with Crippen molar-refractivity contribution in [2.45, 2.75) is 18.0 Å². The molecule has 0 radical (unpaired) electrons. The lowest BCUT2D eigenvalue weighted by Gasteiger charge is -2.36. The highest BCUT2D eigenvalue weighted by Crippen LogP contribution is 2.28. The summed E-state index contributed by atoms with van der Waals surface area (Å²) in [5.41, 5.74) is 3.30. The molecule has 9 nitrogen and oxygen atoms in total. The second-order valence-electron chi connectivity index (χ2n) is 9.04. The van der Waals surface area contributed by atoms with Gasteiger partial charge in [-0.25, -0.2) is 18.2 Å². The van der Waals surface area contributed by atoms with Crippen LogP contribution in [0.25, 0.3) is 0 Å². The Labute approximate surface area is 222 Å². The second kappa shape index (κ2) is 11.4. The number of aromatic amines is 1. The van der Waals surface area contributed by atoms with Crippen LogP contribution in [0.4, 0.5) is 16.2 Å². The molecule has 4 aromatic rings. The van der Waals surface area contributed by atoms with Crippen LogP contribution >= 0.6 is 0 Å². The Bertz CT molecular complexity index is 1420. The molecule has 2 heterocycles. The fourth-order valence-electron chi connectivity index (χ4n) is 4.44. The lowest BCUT2D eigenvalue weighted by molar-refractivity contribution is 0.194. The number of carbonyl (C=O) groups excluding carboxylic acids is 1. The van der Waals surface area contributed by atoms with Crippen molar-refractivity contribution in [3.8, 4) is 0 Å². The number of anilines is 2. The van der Waals surface area contributed by atoms with Gasteiger partial charge in [0, 0.05) is 44.6 Å². The molecule has 0 atom stereocenters. The first kappa shape index (κ1) is 25.3. The quantitative estimate of drug-likeness (QED) is 0.361. The van der Waals surface area contributed by atoms with Crippen molar-refractivity contribution >= 4 is 27.4 Å². The summed E-state index contributed by atoms with van der Waals surface area (Å²) in [5, 5.41) is 2.99. The van der Waals surface area contributed by atoms with Gasteiger partial charge in [-0.3, -0.25) is 4.31 Å². The summed E-state index contributed by atoms with van der Waals surface area (Å²) in [4.78, 5) is 23.9. The molecule has 1 saturated heterocycles. The van der Waals surface area contributed by atoms with Crippen LogP contribution in [0.15, 0.2) is 102 Å². The number of aromatic nitrogens is 2. The fraction of sp³-hybridized carbons (Fsp3) is 0.214. The highest BCUT2D eigenvalue weighted by molar-refractivity contribution is 7.92. The van der Waals surface area contributed by atoms with Crippen LogP contribution in [-0.2, 0) is 23.1 Å². The van der Waals surface area contributed by atoms with Crippen LogP contribution < -0.4 is 14.5 Å². The first-order chi connectivity index (χ1) is 18.5. The van der Waals surface area contributed by atoms with Gasteiger partial charge in [0.2, 0.25) is 0 Å². The van der Waals surface area contributed by atoms with Gasteiger partial charge in [-0.2, -0.15) is 0 Å². The third-order valence-electron chi connectivity index (χ3n) is 6.56. The molecule has 5 rings (SSSR count). The minimum Gasteiger partial charge on any atom is -0.368 e. The standard InChI is InChI=1S/C28H30N6O3S/c35-28(30-19-23-7-3-1-4-8-23)33-17-15-32(16-18-33)25-11-13-26(14-12-25)34(21-24-20-29-22-31-24)38(36,37)27-9-5-2-6-10-27/h1-14,20,22H,15-19,21H2,(H,29,31)(H,30,35). The molecule has 1 fully saturated rings. The van der Waals surface area contributed by atoms with Gasteiger partial charge in [-0.05, 0) is 42.0 Å². The average Bonchev–Trinajstić information content (AvgIpc) is 3.49. The van der Waals surface area contributed by atoms with Crippen molar-refractivity contribution in [2.24, 2.45) is 0 Å². The predicted octanol–water partition coefficient (Wildman–Crippen LogP) is 3.84. The maximum atomic E-state index is 13.5. The molecule has 0 unspecified atom stereocenters. The van der Waals surface area contributed by atoms with Crippen molar-refractivity contribution in [3.05, 3.63) is 109 Å². The summed E-state index contributed by atoms with van der Waals surface area (Å²) in [6, 6.07) is 25.7. The minimum atomic E-state index is -3.79. The van der Waals surface area contributed by atoms with Crippen LogP contribution in [0.3, 0.4) is 0 Å². The SMILES string of the molecule is O=C(NCc1ccccc1)N1CCN(c2ccc(N(Cc3cnc[nH]3)S(=O)(=O)c3ccccc3)cc2)CC1. The van der Waals surface area contributed by atoms with Gasteiger partial charge in [-0.15, -0.1) is 0 Å². The van der Waals surface area contributed by atoms with Gasteiger partial charge in [0.1, 0.15) is 0 Å². The molecule has 1 aromatic heterocycles. The van der Waals surface area contributed by atoms with Crippen molar-refractivity contribution in [1.29, 1.82) is 0 Å². The van der Waals surface area contributed by atoms with E-state index in [1.807, 2.05) is 59.5 Å². The van der Waals surface area contributed by atoms with Crippen LogP contribution in [0.1, 0.15) is 11.3 Å². The maximum absolute atomic E-state index is 13.5. The number of piperazine rings is 1. The summed E-state index contributed by atoms with van der Waals surface area (Å²) in [5.74, 6) is 0. The van der Waals surface area contributed by atoms with E-state index in [1.165, 1.54) is 10.6 Å². The van der Waals surface area contributed by atoms with Crippen LogP contribution in [-0.4, -0.2) is 55.5 Å². The van der Waals surface area contributed by atoms with E-state index in [2.05, 4.69) is 20.2 Å². The number of benzene rings is 3. The van der Waals surface area contributed by atoms with Gasteiger partial charge in [0.25, 0.3) is 10.0 Å². The van der Waals surface area contributed by atoms with Crippen molar-refractivity contribution in [1.82, 2.24) is 20.2 Å². The van der Waals surface area contributed by atoms with E-state index in [0.29, 0.717) is 44.1 Å². The Morgan fingerprint density at radius 3 is 2.18 bits per heavy atom. The Balaban J connectivity index is 1.25. The highest BCUT2D eigenvalue weighted by atomic mass is 32.2. The second-order valence-corrected chi connectivity index (χ2v) is 10.9. The summed E-state index contributed by atoms with van der Waals surface area (Å²) in [7, 11) is -3.79. The highest BCUT2D eigenvalue weighted by Gasteiger charge is 2.26. The summed E-state index contributed by atoms with van der Waals surface area (Å²) in [6.07, 6.45) is 3.16. The lowest BCUT2D eigenvalue weighted by Crippen LogP contribution is -2.51. The first-order valence-electron chi connectivity index (χ1n) is 12.5. The number of sulfonamides is 1. The Morgan fingerprint density at radius 2 is 1.55 bits per heavy atom. The fourth-order valence-corrected chi connectivity index (χ4v) is 5.91. The van der Waals surface area contributed by atoms with E-state index in [4.69, 9.17) is 0 Å². The van der Waals surface area contributed by atoms with E-state index < -0.39 is 10.0 Å². The first-order valence-corrected chi connectivity index (χ1v) is 13.9. The smallest absolute Gasteiger partial charge is 0.317 e. The molecule has 1 aliphatic rings. The molecule has 10 heteroatoms. The third-order valence-corrected chi connectivity index (χ3v) is 8.34. The third kappa shape index (κ3) is 5.81. The molecular weight excluding hydrogens is 500 g/mol. The zero-order valence-electron chi connectivity index (χ0n) is 20.9. The largest absolute Gasteiger partial charge is 0.368 e. The summed E-state index contributed by atoms with van der Waals surface area (Å²) >= 11 is 0. The lowest BCUT2D eigenvalue weighted by atomic mass is 10.2. The Hall–Kier alpha value is -4.31. The van der Waals surface area contributed by atoms with E-state index in [1.54, 1.807) is 36.5 Å². The zero-order chi connectivity index (χ0) is 26.4. The Kier molecular flexibility index (Phi) is 7.60. The summed E-state index contributed by atoms with van der Waals surface area (Å²) in [6.45, 7) is 3.24. The Morgan fingerprint density at radius 1 is 0.895 bits per heavy atom. The summed E-state index contributed by atoms with van der Waals surface area (Å²) < 4.78 is 28.4. The number of H-pyrrole nitrogens is 1. The van der Waals surface area contributed by atoms with Gasteiger partial charge < -0.3 is 20.1 Å². The number of nitrogens with one attached hydrogen (secondary N) is 2. The van der Waals surface area contributed by atoms with E-state index in [0.717, 1.165) is 11.3 Å². The van der Waals surface area contributed by atoms with Crippen molar-refractivity contribution in [3.63, 3.8) is 0 Å². The van der Waals surface area contributed by atoms with Gasteiger partial charge in [0.05, 0.1) is 29.1 Å². The number of amides is 2. The molecule has 0 aliphatic carbocycles. The van der Waals surface area contributed by atoms with Gasteiger partial charge >= 0.3 is 6.03 Å². The molecule has 0 spiro atoms. The monoisotopic (exact) mass is 530 g/mol. The molecule has 2 N–H and O–H groups in total.